The number of hydrogen-bond acceptors (Lipinski definition) is 4. The van der Waals surface area contributed by atoms with Crippen LogP contribution in [0.3, 0.4) is 0 Å². The third-order valence-electron chi connectivity index (χ3n) is 6.76. The third-order valence-corrected chi connectivity index (χ3v) is 6.76. The van der Waals surface area contributed by atoms with Gasteiger partial charge in [-0.25, -0.2) is 0 Å². The van der Waals surface area contributed by atoms with E-state index in [1.54, 1.807) is 48.5 Å². The lowest BCUT2D eigenvalue weighted by Crippen LogP contribution is -2.30. The fraction of sp³-hybridized carbons (Fsp3) is 0.194. The maximum atomic E-state index is 13.4. The molecule has 5 rings (SSSR count). The fourth-order valence-corrected chi connectivity index (χ4v) is 4.81. The molecule has 0 saturated heterocycles. The van der Waals surface area contributed by atoms with Gasteiger partial charge in [-0.1, -0.05) is 24.3 Å². The number of fused-ring (bicyclic) bond motifs is 1. The van der Waals surface area contributed by atoms with Gasteiger partial charge in [0.2, 0.25) is 5.91 Å². The lowest BCUT2D eigenvalue weighted by atomic mass is 9.96. The van der Waals surface area contributed by atoms with E-state index in [9.17, 15) is 22.8 Å². The molecule has 40 heavy (non-hydrogen) atoms. The second-order valence-electron chi connectivity index (χ2n) is 9.48. The average molecular weight is 546 g/mol. The van der Waals surface area contributed by atoms with E-state index in [4.69, 9.17) is 4.74 Å². The van der Waals surface area contributed by atoms with E-state index in [0.29, 0.717) is 41.0 Å². The zero-order chi connectivity index (χ0) is 28.3. The Kier molecular flexibility index (Phi) is 7.66. The van der Waals surface area contributed by atoms with Crippen LogP contribution in [0, 0.1) is 0 Å². The monoisotopic (exact) mass is 545 g/mol. The maximum absolute atomic E-state index is 13.4. The largest absolute Gasteiger partial charge is 0.416 e. The quantitative estimate of drug-likeness (QED) is 0.296. The second-order valence-corrected chi connectivity index (χ2v) is 9.48. The number of anilines is 2. The zero-order valence-corrected chi connectivity index (χ0v) is 21.7. The summed E-state index contributed by atoms with van der Waals surface area (Å²) in [6, 6.07) is 20.7. The molecule has 9 heteroatoms. The van der Waals surface area contributed by atoms with Crippen LogP contribution < -0.4 is 10.2 Å². The first-order valence-corrected chi connectivity index (χ1v) is 12.7. The number of benzene rings is 3. The van der Waals surface area contributed by atoms with Gasteiger partial charge in [-0.05, 0) is 83.3 Å². The van der Waals surface area contributed by atoms with E-state index < -0.39 is 17.6 Å². The minimum absolute atomic E-state index is 0.0495. The van der Waals surface area contributed by atoms with E-state index in [-0.39, 0.29) is 18.9 Å². The van der Waals surface area contributed by atoms with Crippen LogP contribution in [0.5, 0.6) is 0 Å². The van der Waals surface area contributed by atoms with E-state index in [1.807, 2.05) is 24.3 Å². The molecule has 4 aromatic rings. The first-order chi connectivity index (χ1) is 19.2. The van der Waals surface area contributed by atoms with Crippen molar-refractivity contribution in [2.24, 2.45) is 0 Å². The van der Waals surface area contributed by atoms with Crippen molar-refractivity contribution < 1.29 is 27.5 Å². The van der Waals surface area contributed by atoms with Gasteiger partial charge in [0.05, 0.1) is 18.6 Å². The van der Waals surface area contributed by atoms with Crippen LogP contribution in [0.15, 0.2) is 85.1 Å². The van der Waals surface area contributed by atoms with Gasteiger partial charge in [0.25, 0.3) is 5.91 Å². The summed E-state index contributed by atoms with van der Waals surface area (Å²) in [5.74, 6) is -0.452. The van der Waals surface area contributed by atoms with Crippen molar-refractivity contribution in [3.8, 4) is 11.1 Å². The SMILES string of the molecule is COCc1ccc(C(=O)Nc2ccc3c(c2)CCN3C(=O)Cc2ccccn2)c(-c2ccc(C(F)(F)F)cc2)c1. The first kappa shape index (κ1) is 27.1. The molecule has 0 spiro atoms. The Bertz CT molecular complexity index is 1540. The Morgan fingerprint density at radius 1 is 1.00 bits per heavy atom. The van der Waals surface area contributed by atoms with Crippen molar-refractivity contribution in [1.29, 1.82) is 0 Å². The van der Waals surface area contributed by atoms with Gasteiger partial charge in [0.15, 0.2) is 0 Å². The van der Waals surface area contributed by atoms with Gasteiger partial charge in [0, 0.05) is 42.5 Å². The summed E-state index contributed by atoms with van der Waals surface area (Å²) in [4.78, 5) is 32.2. The standard InChI is InChI=1S/C31H26F3N3O3/c1-40-19-20-5-11-26(27(16-20)21-6-8-23(9-7-21)31(32,33)34)30(39)36-25-10-12-28-22(17-25)13-15-37(28)29(38)18-24-4-2-3-14-35-24/h2-12,14,16-17H,13,15,18-19H2,1H3,(H,36,39). The van der Waals surface area contributed by atoms with Crippen molar-refractivity contribution in [2.45, 2.75) is 25.6 Å². The molecule has 0 fully saturated rings. The Morgan fingerprint density at radius 3 is 2.50 bits per heavy atom. The highest BCUT2D eigenvalue weighted by molar-refractivity contribution is 6.09. The molecule has 204 valence electrons. The van der Waals surface area contributed by atoms with Gasteiger partial charge in [-0.2, -0.15) is 13.2 Å². The molecule has 2 heterocycles. The molecule has 1 aliphatic rings. The molecule has 1 aromatic heterocycles. The summed E-state index contributed by atoms with van der Waals surface area (Å²) in [6.45, 7) is 0.827. The molecule has 2 amide bonds. The number of hydrogen-bond donors (Lipinski definition) is 1. The number of aromatic nitrogens is 1. The molecule has 6 nitrogen and oxygen atoms in total. The van der Waals surface area contributed by atoms with Crippen LogP contribution >= 0.6 is 0 Å². The van der Waals surface area contributed by atoms with Crippen molar-refractivity contribution in [3.05, 3.63) is 113 Å². The van der Waals surface area contributed by atoms with E-state index in [2.05, 4.69) is 10.3 Å². The predicted molar refractivity (Wildman–Crippen MR) is 146 cm³/mol. The summed E-state index contributed by atoms with van der Waals surface area (Å²) in [5, 5.41) is 2.91. The van der Waals surface area contributed by atoms with Gasteiger partial charge in [-0.3, -0.25) is 14.6 Å². The summed E-state index contributed by atoms with van der Waals surface area (Å²) >= 11 is 0. The molecule has 1 N–H and O–H groups in total. The normalized spacial score (nSPS) is 12.8. The number of ether oxygens (including phenoxy) is 1. The van der Waals surface area contributed by atoms with Crippen molar-refractivity contribution in [2.75, 3.05) is 23.9 Å². The van der Waals surface area contributed by atoms with Gasteiger partial charge in [0.1, 0.15) is 0 Å². The topological polar surface area (TPSA) is 71.5 Å². The molecule has 0 atom stereocenters. The molecular formula is C31H26F3N3O3. The Hall–Kier alpha value is -4.50. The molecule has 0 saturated carbocycles. The minimum Gasteiger partial charge on any atom is -0.380 e. The molecule has 1 aliphatic heterocycles. The Labute approximate surface area is 229 Å². The summed E-state index contributed by atoms with van der Waals surface area (Å²) < 4.78 is 44.5. The van der Waals surface area contributed by atoms with Crippen LogP contribution in [0.25, 0.3) is 11.1 Å². The van der Waals surface area contributed by atoms with Crippen molar-refractivity contribution in [1.82, 2.24) is 4.98 Å². The fourth-order valence-electron chi connectivity index (χ4n) is 4.81. The van der Waals surface area contributed by atoms with E-state index in [0.717, 1.165) is 28.9 Å². The third kappa shape index (κ3) is 5.89. The lowest BCUT2D eigenvalue weighted by molar-refractivity contribution is -0.137. The summed E-state index contributed by atoms with van der Waals surface area (Å²) in [6.07, 6.45) is -1.95. The molecule has 0 radical (unpaired) electrons. The summed E-state index contributed by atoms with van der Waals surface area (Å²) in [5.41, 5.74) is 4.29. The number of amides is 2. The number of methoxy groups -OCH3 is 1. The van der Waals surface area contributed by atoms with Crippen molar-refractivity contribution >= 4 is 23.2 Å². The van der Waals surface area contributed by atoms with Gasteiger partial charge < -0.3 is 15.0 Å². The predicted octanol–water partition coefficient (Wildman–Crippen LogP) is 6.30. The van der Waals surface area contributed by atoms with Crippen molar-refractivity contribution in [3.63, 3.8) is 0 Å². The van der Waals surface area contributed by atoms with Crippen LogP contribution in [-0.2, 0) is 35.2 Å². The zero-order valence-electron chi connectivity index (χ0n) is 21.7. The van der Waals surface area contributed by atoms with Gasteiger partial charge in [-0.15, -0.1) is 0 Å². The number of carbonyl (C=O) groups excluding carboxylic acids is 2. The lowest BCUT2D eigenvalue weighted by Gasteiger charge is -2.18. The number of nitrogens with zero attached hydrogens (tertiary/aromatic N) is 2. The van der Waals surface area contributed by atoms with Crippen LogP contribution in [0.2, 0.25) is 0 Å². The Morgan fingerprint density at radius 2 is 1.80 bits per heavy atom. The van der Waals surface area contributed by atoms with Crippen LogP contribution in [-0.4, -0.2) is 30.5 Å². The van der Waals surface area contributed by atoms with E-state index in [1.165, 1.54) is 12.1 Å². The molecule has 0 unspecified atom stereocenters. The van der Waals surface area contributed by atoms with Crippen LogP contribution in [0.4, 0.5) is 24.5 Å². The number of carbonyl (C=O) groups is 2. The highest BCUT2D eigenvalue weighted by atomic mass is 19.4. The van der Waals surface area contributed by atoms with Crippen LogP contribution in [0.1, 0.15) is 32.7 Å². The number of rotatable bonds is 7. The Balaban J connectivity index is 1.37. The second kappa shape index (κ2) is 11.3. The van der Waals surface area contributed by atoms with E-state index >= 15 is 0 Å². The smallest absolute Gasteiger partial charge is 0.380 e. The molecular weight excluding hydrogens is 519 g/mol. The molecule has 0 bridgehead atoms. The summed E-state index contributed by atoms with van der Waals surface area (Å²) in [7, 11) is 1.54. The molecule has 3 aromatic carbocycles. The highest BCUT2D eigenvalue weighted by Crippen LogP contribution is 2.34. The minimum atomic E-state index is -4.46. The molecule has 0 aliphatic carbocycles. The number of halogens is 3. The van der Waals surface area contributed by atoms with Gasteiger partial charge >= 0.3 is 6.18 Å². The average Bonchev–Trinajstić information content (AvgIpc) is 3.37. The number of nitrogens with one attached hydrogen (secondary N) is 1. The maximum Gasteiger partial charge on any atom is 0.416 e. The number of alkyl halides is 3. The number of pyridine rings is 1. The highest BCUT2D eigenvalue weighted by Gasteiger charge is 2.30. The first-order valence-electron chi connectivity index (χ1n) is 12.7.